The van der Waals surface area contributed by atoms with Crippen LogP contribution in [0.25, 0.3) is 11.1 Å². The van der Waals surface area contributed by atoms with E-state index in [4.69, 9.17) is 4.42 Å². The molecule has 1 aliphatic rings. The molecular weight excluding hydrogens is 421 g/mol. The van der Waals surface area contributed by atoms with E-state index in [0.29, 0.717) is 43.2 Å². The van der Waals surface area contributed by atoms with Crippen LogP contribution in [-0.4, -0.2) is 55.6 Å². The van der Waals surface area contributed by atoms with E-state index in [1.807, 2.05) is 11.8 Å². The first-order valence-corrected chi connectivity index (χ1v) is 11.9. The Kier molecular flexibility index (Phi) is 5.70. The minimum Gasteiger partial charge on any atom is -0.423 e. The Morgan fingerprint density at radius 1 is 1.23 bits per heavy atom. The predicted octanol–water partition coefficient (Wildman–Crippen LogP) is 3.50. The van der Waals surface area contributed by atoms with Gasteiger partial charge in [-0.25, -0.2) is 12.8 Å². The molecule has 164 valence electrons. The predicted molar refractivity (Wildman–Crippen MR) is 115 cm³/mol. The molecule has 0 aliphatic carbocycles. The molecule has 31 heavy (non-hydrogen) atoms. The van der Waals surface area contributed by atoms with E-state index < -0.39 is 15.7 Å². The molecule has 0 unspecified atom stereocenters. The molecule has 2 aromatic carbocycles. The number of halogens is 1. The van der Waals surface area contributed by atoms with Gasteiger partial charge in [-0.1, -0.05) is 19.1 Å². The molecule has 4 rings (SSSR count). The maximum absolute atomic E-state index is 13.4. The second kappa shape index (κ2) is 8.30. The second-order valence-corrected chi connectivity index (χ2v) is 9.79. The van der Waals surface area contributed by atoms with Crippen LogP contribution in [0.5, 0.6) is 0 Å². The molecule has 1 aliphatic heterocycles. The highest BCUT2D eigenvalue weighted by Crippen LogP contribution is 2.26. The Hall–Kier alpha value is -2.94. The number of rotatable bonds is 5. The fraction of sp³-hybridized carbons (Fsp3) is 0.364. The Bertz CT molecular complexity index is 1220. The number of carbonyl (C=O) groups excluding carboxylic acids is 1. The van der Waals surface area contributed by atoms with Gasteiger partial charge in [0.25, 0.3) is 11.9 Å². The molecule has 1 fully saturated rings. The van der Waals surface area contributed by atoms with Crippen LogP contribution in [0, 0.1) is 5.82 Å². The quantitative estimate of drug-likeness (QED) is 0.598. The monoisotopic (exact) mass is 445 g/mol. The number of aromatic nitrogens is 1. The average Bonchev–Trinajstić information content (AvgIpc) is 3.16. The molecule has 0 saturated carbocycles. The van der Waals surface area contributed by atoms with Gasteiger partial charge in [0.1, 0.15) is 11.3 Å². The number of sulfone groups is 1. The van der Waals surface area contributed by atoms with Gasteiger partial charge in [0.2, 0.25) is 0 Å². The Labute approximate surface area is 180 Å². The van der Waals surface area contributed by atoms with Crippen LogP contribution >= 0.6 is 0 Å². The number of anilines is 1. The van der Waals surface area contributed by atoms with Gasteiger partial charge in [0.05, 0.1) is 16.2 Å². The molecule has 0 spiro atoms. The minimum absolute atomic E-state index is 0.00105. The van der Waals surface area contributed by atoms with E-state index in [1.54, 1.807) is 36.1 Å². The summed E-state index contributed by atoms with van der Waals surface area (Å²) < 4.78 is 44.4. The van der Waals surface area contributed by atoms with Crippen molar-refractivity contribution in [1.29, 1.82) is 0 Å². The van der Waals surface area contributed by atoms with Crippen LogP contribution in [0.4, 0.5) is 10.4 Å². The summed E-state index contributed by atoms with van der Waals surface area (Å²) in [5.41, 5.74) is 1.14. The molecule has 1 amide bonds. The first-order valence-electron chi connectivity index (χ1n) is 10.2. The third-order valence-corrected chi connectivity index (χ3v) is 7.40. The fourth-order valence-electron chi connectivity index (χ4n) is 3.90. The Morgan fingerprint density at radius 2 is 2.00 bits per heavy atom. The zero-order valence-electron chi connectivity index (χ0n) is 17.4. The zero-order valence-corrected chi connectivity index (χ0v) is 18.2. The summed E-state index contributed by atoms with van der Waals surface area (Å²) in [4.78, 5) is 21.4. The van der Waals surface area contributed by atoms with E-state index >= 15 is 0 Å². The van der Waals surface area contributed by atoms with Crippen molar-refractivity contribution >= 4 is 32.9 Å². The van der Waals surface area contributed by atoms with Crippen LogP contribution < -0.4 is 4.90 Å². The SMILES string of the molecule is CCCS(=O)(=O)c1ccccc1C(=O)N1CCN(c2nc3ccc(F)cc3o2)C[C@H]1C. The topological polar surface area (TPSA) is 83.7 Å². The molecule has 2 heterocycles. The average molecular weight is 446 g/mol. The molecule has 0 N–H and O–H groups in total. The zero-order chi connectivity index (χ0) is 22.2. The van der Waals surface area contributed by atoms with E-state index in [1.165, 1.54) is 18.2 Å². The summed E-state index contributed by atoms with van der Waals surface area (Å²) in [6.07, 6.45) is 0.480. The maximum atomic E-state index is 13.4. The van der Waals surface area contributed by atoms with Gasteiger partial charge in [-0.05, 0) is 37.6 Å². The lowest BCUT2D eigenvalue weighted by atomic mass is 10.1. The van der Waals surface area contributed by atoms with Crippen molar-refractivity contribution in [2.45, 2.75) is 31.2 Å². The number of piperazine rings is 1. The van der Waals surface area contributed by atoms with Gasteiger partial charge in [-0.3, -0.25) is 4.79 Å². The molecule has 1 atom stereocenters. The molecule has 7 nitrogen and oxygen atoms in total. The third kappa shape index (κ3) is 4.14. The van der Waals surface area contributed by atoms with Crippen molar-refractivity contribution in [1.82, 2.24) is 9.88 Å². The van der Waals surface area contributed by atoms with Gasteiger partial charge in [-0.15, -0.1) is 0 Å². The van der Waals surface area contributed by atoms with E-state index in [0.717, 1.165) is 0 Å². The van der Waals surface area contributed by atoms with Gasteiger partial charge in [-0.2, -0.15) is 4.98 Å². The number of benzene rings is 2. The van der Waals surface area contributed by atoms with Crippen molar-refractivity contribution in [3.63, 3.8) is 0 Å². The minimum atomic E-state index is -3.53. The smallest absolute Gasteiger partial charge is 0.298 e. The van der Waals surface area contributed by atoms with E-state index in [-0.39, 0.29) is 28.2 Å². The highest BCUT2D eigenvalue weighted by Gasteiger charge is 2.32. The number of nitrogens with zero attached hydrogens (tertiary/aromatic N) is 3. The Morgan fingerprint density at radius 3 is 2.74 bits per heavy atom. The van der Waals surface area contributed by atoms with Crippen LogP contribution in [0.2, 0.25) is 0 Å². The van der Waals surface area contributed by atoms with Crippen molar-refractivity contribution in [3.05, 3.63) is 53.8 Å². The van der Waals surface area contributed by atoms with Gasteiger partial charge in [0, 0.05) is 31.7 Å². The second-order valence-electron chi connectivity index (χ2n) is 7.72. The van der Waals surface area contributed by atoms with Crippen molar-refractivity contribution < 1.29 is 22.0 Å². The molecule has 3 aromatic rings. The molecule has 9 heteroatoms. The number of carbonyl (C=O) groups is 1. The largest absolute Gasteiger partial charge is 0.423 e. The molecule has 0 bridgehead atoms. The summed E-state index contributed by atoms with van der Waals surface area (Å²) in [6, 6.07) is 10.7. The van der Waals surface area contributed by atoms with E-state index in [9.17, 15) is 17.6 Å². The number of hydrogen-bond donors (Lipinski definition) is 0. The first kappa shape index (κ1) is 21.3. The fourth-order valence-corrected chi connectivity index (χ4v) is 5.44. The normalized spacial score (nSPS) is 17.3. The number of amides is 1. The molecule has 1 saturated heterocycles. The standard InChI is InChI=1S/C22H24FN3O4S/c1-3-12-31(28,29)20-7-5-4-6-17(20)21(27)26-11-10-25(14-15(26)2)22-24-18-9-8-16(23)13-19(18)30-22/h4-9,13,15H,3,10-12,14H2,1-2H3/t15-/m1/s1. The lowest BCUT2D eigenvalue weighted by Crippen LogP contribution is -2.54. The number of hydrogen-bond acceptors (Lipinski definition) is 6. The highest BCUT2D eigenvalue weighted by molar-refractivity contribution is 7.91. The number of fused-ring (bicyclic) bond motifs is 1. The summed E-state index contributed by atoms with van der Waals surface area (Å²) in [7, 11) is -3.53. The van der Waals surface area contributed by atoms with Crippen LogP contribution in [0.3, 0.4) is 0 Å². The lowest BCUT2D eigenvalue weighted by Gasteiger charge is -2.39. The van der Waals surface area contributed by atoms with Crippen LogP contribution in [0.1, 0.15) is 30.6 Å². The van der Waals surface area contributed by atoms with Gasteiger partial charge in [0.15, 0.2) is 15.4 Å². The van der Waals surface area contributed by atoms with Crippen molar-refractivity contribution in [2.75, 3.05) is 30.3 Å². The highest BCUT2D eigenvalue weighted by atomic mass is 32.2. The molecular formula is C22H24FN3O4S. The van der Waals surface area contributed by atoms with Crippen LogP contribution in [0.15, 0.2) is 51.8 Å². The lowest BCUT2D eigenvalue weighted by molar-refractivity contribution is 0.0667. The third-order valence-electron chi connectivity index (χ3n) is 5.42. The van der Waals surface area contributed by atoms with Crippen molar-refractivity contribution in [2.24, 2.45) is 0 Å². The maximum Gasteiger partial charge on any atom is 0.298 e. The molecule has 0 radical (unpaired) electrons. The Balaban J connectivity index is 1.55. The summed E-state index contributed by atoms with van der Waals surface area (Å²) in [5, 5.41) is 0. The summed E-state index contributed by atoms with van der Waals surface area (Å²) in [6.45, 7) is 5.01. The first-order chi connectivity index (χ1) is 14.8. The number of oxazole rings is 1. The molecule has 1 aromatic heterocycles. The van der Waals surface area contributed by atoms with Gasteiger partial charge < -0.3 is 14.2 Å². The van der Waals surface area contributed by atoms with Crippen LogP contribution in [-0.2, 0) is 9.84 Å². The van der Waals surface area contributed by atoms with E-state index in [2.05, 4.69) is 4.98 Å². The van der Waals surface area contributed by atoms with Gasteiger partial charge >= 0.3 is 0 Å². The summed E-state index contributed by atoms with van der Waals surface area (Å²) >= 11 is 0. The van der Waals surface area contributed by atoms with Crippen molar-refractivity contribution in [3.8, 4) is 0 Å². The summed E-state index contributed by atoms with van der Waals surface area (Å²) in [5.74, 6) is -0.698.